The summed E-state index contributed by atoms with van der Waals surface area (Å²) in [7, 11) is 1.26. The second-order valence-electron chi connectivity index (χ2n) is 2.42. The number of hydrogen-bond acceptors (Lipinski definition) is 3. The maximum Gasteiger partial charge on any atom is 0.334 e. The molecule has 0 amide bonds. The van der Waals surface area contributed by atoms with Gasteiger partial charge in [-0.05, 0) is 0 Å². The van der Waals surface area contributed by atoms with Gasteiger partial charge in [0, 0.05) is 5.56 Å². The molecule has 1 rings (SSSR count). The van der Waals surface area contributed by atoms with Crippen LogP contribution in [0.4, 0.5) is 0 Å². The van der Waals surface area contributed by atoms with E-state index in [0.29, 0.717) is 5.56 Å². The number of carbonyl (C=O) groups is 1. The Hall–Kier alpha value is -1.77. The normalized spacial score (nSPS) is 11.0. The van der Waals surface area contributed by atoms with Crippen molar-refractivity contribution in [1.29, 1.82) is 0 Å². The predicted molar refractivity (Wildman–Crippen MR) is 49.1 cm³/mol. The second-order valence-corrected chi connectivity index (χ2v) is 2.42. The van der Waals surface area contributed by atoms with E-state index in [9.17, 15) is 9.90 Å². The van der Waals surface area contributed by atoms with Crippen LogP contribution in [0.3, 0.4) is 0 Å². The third-order valence-corrected chi connectivity index (χ3v) is 1.53. The van der Waals surface area contributed by atoms with Crippen LogP contribution in [0, 0.1) is 0 Å². The minimum absolute atomic E-state index is 0.0903. The maximum absolute atomic E-state index is 10.7. The summed E-state index contributed by atoms with van der Waals surface area (Å²) in [4.78, 5) is 10.7. The highest BCUT2D eigenvalue weighted by Crippen LogP contribution is 2.09. The Balaban J connectivity index is 2.85. The highest BCUT2D eigenvalue weighted by molar-refractivity contribution is 5.89. The molecule has 0 unspecified atom stereocenters. The van der Waals surface area contributed by atoms with Crippen molar-refractivity contribution in [1.82, 2.24) is 0 Å². The second kappa shape index (κ2) is 4.30. The first-order valence-corrected chi connectivity index (χ1v) is 3.78. The van der Waals surface area contributed by atoms with Gasteiger partial charge < -0.3 is 9.84 Å². The van der Waals surface area contributed by atoms with E-state index in [4.69, 9.17) is 0 Å². The molecule has 1 aromatic rings. The van der Waals surface area contributed by atoms with Gasteiger partial charge in [0.15, 0.2) is 0 Å². The first-order valence-electron chi connectivity index (χ1n) is 3.78. The van der Waals surface area contributed by atoms with E-state index < -0.39 is 5.97 Å². The van der Waals surface area contributed by atoms with Crippen molar-refractivity contribution < 1.29 is 14.6 Å². The van der Waals surface area contributed by atoms with E-state index in [0.717, 1.165) is 6.08 Å². The molecule has 68 valence electrons. The number of carbonyl (C=O) groups excluding carboxylic acids is 1. The number of methoxy groups -OCH3 is 1. The molecule has 0 bridgehead atoms. The van der Waals surface area contributed by atoms with Crippen LogP contribution in [0.1, 0.15) is 5.56 Å². The third-order valence-electron chi connectivity index (χ3n) is 1.53. The van der Waals surface area contributed by atoms with Crippen molar-refractivity contribution in [2.75, 3.05) is 7.11 Å². The van der Waals surface area contributed by atoms with E-state index in [1.54, 1.807) is 24.3 Å². The monoisotopic (exact) mass is 178 g/mol. The summed E-state index contributed by atoms with van der Waals surface area (Å²) in [6.07, 6.45) is 1.04. The van der Waals surface area contributed by atoms with Gasteiger partial charge in [0.05, 0.1) is 13.2 Å². The first kappa shape index (κ1) is 9.32. The first-order chi connectivity index (χ1) is 6.24. The largest absolute Gasteiger partial charge is 0.507 e. The van der Waals surface area contributed by atoms with Gasteiger partial charge in [-0.1, -0.05) is 30.3 Å². The van der Waals surface area contributed by atoms with Crippen molar-refractivity contribution in [3.8, 4) is 0 Å². The molecule has 3 nitrogen and oxygen atoms in total. The Morgan fingerprint density at radius 3 is 2.54 bits per heavy atom. The van der Waals surface area contributed by atoms with Crippen LogP contribution in [-0.2, 0) is 9.53 Å². The summed E-state index contributed by atoms with van der Waals surface area (Å²) >= 11 is 0. The summed E-state index contributed by atoms with van der Waals surface area (Å²) < 4.78 is 4.37. The van der Waals surface area contributed by atoms with Crippen LogP contribution in [0.5, 0.6) is 0 Å². The van der Waals surface area contributed by atoms with Gasteiger partial charge in [-0.3, -0.25) is 0 Å². The molecule has 0 aromatic heterocycles. The van der Waals surface area contributed by atoms with E-state index in [1.807, 2.05) is 6.07 Å². The molecule has 1 N–H and O–H groups in total. The van der Waals surface area contributed by atoms with Crippen LogP contribution >= 0.6 is 0 Å². The average molecular weight is 178 g/mol. The zero-order valence-electron chi connectivity index (χ0n) is 7.23. The predicted octanol–water partition coefficient (Wildman–Crippen LogP) is 1.76. The molecule has 3 heteroatoms. The highest BCUT2D eigenvalue weighted by atomic mass is 16.5. The number of benzene rings is 1. The minimum Gasteiger partial charge on any atom is -0.507 e. The fraction of sp³-hybridized carbons (Fsp3) is 0.100. The molecule has 13 heavy (non-hydrogen) atoms. The number of esters is 1. The van der Waals surface area contributed by atoms with Gasteiger partial charge in [0.2, 0.25) is 0 Å². The standard InChI is InChI=1S/C10H10O3/c1-13-10(12)7-9(11)8-5-3-2-4-6-8/h2-7,11H,1H3. The Morgan fingerprint density at radius 1 is 1.38 bits per heavy atom. The minimum atomic E-state index is -0.568. The number of aliphatic hydroxyl groups excluding tert-OH is 1. The summed E-state index contributed by atoms with van der Waals surface area (Å²) in [6.45, 7) is 0. The number of aliphatic hydroxyl groups is 1. The third kappa shape index (κ3) is 2.63. The van der Waals surface area contributed by atoms with E-state index in [2.05, 4.69) is 4.74 Å². The number of ether oxygens (including phenoxy) is 1. The lowest BCUT2D eigenvalue weighted by Crippen LogP contribution is -1.96. The van der Waals surface area contributed by atoms with Gasteiger partial charge >= 0.3 is 5.97 Å². The molecule has 0 saturated carbocycles. The van der Waals surface area contributed by atoms with Crippen molar-refractivity contribution >= 4 is 11.7 Å². The van der Waals surface area contributed by atoms with Gasteiger partial charge in [0.1, 0.15) is 5.76 Å². The maximum atomic E-state index is 10.7. The Bertz CT molecular complexity index is 314. The van der Waals surface area contributed by atoms with E-state index in [-0.39, 0.29) is 5.76 Å². The van der Waals surface area contributed by atoms with E-state index >= 15 is 0 Å². The molecule has 0 heterocycles. The topological polar surface area (TPSA) is 46.5 Å². The van der Waals surface area contributed by atoms with Crippen LogP contribution in [0.15, 0.2) is 36.4 Å². The lowest BCUT2D eigenvalue weighted by atomic mass is 10.2. The van der Waals surface area contributed by atoms with Gasteiger partial charge in [-0.25, -0.2) is 4.79 Å². The van der Waals surface area contributed by atoms with Gasteiger partial charge in [0.25, 0.3) is 0 Å². The fourth-order valence-corrected chi connectivity index (χ4v) is 0.863. The van der Waals surface area contributed by atoms with Crippen LogP contribution < -0.4 is 0 Å². The van der Waals surface area contributed by atoms with Crippen molar-refractivity contribution in [3.05, 3.63) is 42.0 Å². The van der Waals surface area contributed by atoms with Crippen LogP contribution in [0.25, 0.3) is 5.76 Å². The summed E-state index contributed by atoms with van der Waals surface area (Å²) in [5.74, 6) is -0.659. The fourth-order valence-electron chi connectivity index (χ4n) is 0.863. The summed E-state index contributed by atoms with van der Waals surface area (Å²) in [5, 5.41) is 9.38. The molecule has 0 spiro atoms. The summed E-state index contributed by atoms with van der Waals surface area (Å²) in [5.41, 5.74) is 0.591. The summed E-state index contributed by atoms with van der Waals surface area (Å²) in [6, 6.07) is 8.78. The molecule has 0 aliphatic heterocycles. The van der Waals surface area contributed by atoms with Crippen molar-refractivity contribution in [2.24, 2.45) is 0 Å². The van der Waals surface area contributed by atoms with Gasteiger partial charge in [-0.15, -0.1) is 0 Å². The lowest BCUT2D eigenvalue weighted by Gasteiger charge is -1.98. The number of hydrogen-bond donors (Lipinski definition) is 1. The molecular weight excluding hydrogens is 168 g/mol. The van der Waals surface area contributed by atoms with Crippen molar-refractivity contribution in [3.63, 3.8) is 0 Å². The Morgan fingerprint density at radius 2 is 2.00 bits per heavy atom. The molecule has 0 aliphatic carbocycles. The van der Waals surface area contributed by atoms with Crippen molar-refractivity contribution in [2.45, 2.75) is 0 Å². The highest BCUT2D eigenvalue weighted by Gasteiger charge is 2.00. The lowest BCUT2D eigenvalue weighted by molar-refractivity contribution is -0.134. The van der Waals surface area contributed by atoms with E-state index in [1.165, 1.54) is 7.11 Å². The number of rotatable bonds is 2. The van der Waals surface area contributed by atoms with Crippen LogP contribution in [-0.4, -0.2) is 18.2 Å². The zero-order chi connectivity index (χ0) is 9.68. The molecule has 0 atom stereocenters. The average Bonchev–Trinajstić information content (AvgIpc) is 2.19. The molecule has 0 fully saturated rings. The SMILES string of the molecule is COC(=O)C=C(O)c1ccccc1. The smallest absolute Gasteiger partial charge is 0.334 e. The Labute approximate surface area is 76.3 Å². The quantitative estimate of drug-likeness (QED) is 0.426. The molecule has 0 radical (unpaired) electrons. The molecule has 0 aliphatic rings. The van der Waals surface area contributed by atoms with Gasteiger partial charge in [-0.2, -0.15) is 0 Å². The van der Waals surface area contributed by atoms with Crippen LogP contribution in [0.2, 0.25) is 0 Å². The molecular formula is C10H10O3. The molecule has 1 aromatic carbocycles. The molecule has 0 saturated heterocycles. The zero-order valence-corrected chi connectivity index (χ0v) is 7.23. The Kier molecular flexibility index (Phi) is 3.09.